The van der Waals surface area contributed by atoms with Crippen LogP contribution in [0.5, 0.6) is 0 Å². The predicted molar refractivity (Wildman–Crippen MR) is 57.2 cm³/mol. The minimum absolute atomic E-state index is 0.0474. The van der Waals surface area contributed by atoms with Crippen LogP contribution in [0.4, 0.5) is 13.2 Å². The summed E-state index contributed by atoms with van der Waals surface area (Å²) in [4.78, 5) is 11.1. The van der Waals surface area contributed by atoms with Crippen molar-refractivity contribution in [3.05, 3.63) is 0 Å². The van der Waals surface area contributed by atoms with Gasteiger partial charge in [0.05, 0.1) is 0 Å². The fourth-order valence-corrected chi connectivity index (χ4v) is 1.60. The summed E-state index contributed by atoms with van der Waals surface area (Å²) in [6, 6.07) is 0. The lowest BCUT2D eigenvalue weighted by Gasteiger charge is -2.05. The molecule has 0 aliphatic carbocycles. The number of hydrogen-bond acceptors (Lipinski definition) is 1. The third kappa shape index (κ3) is 11.9. The third-order valence-corrected chi connectivity index (χ3v) is 2.57. The average molecular weight is 289 g/mol. The fourth-order valence-electron chi connectivity index (χ4n) is 1.20. The molecule has 0 unspecified atom stereocenters. The first-order valence-corrected chi connectivity index (χ1v) is 6.22. The van der Waals surface area contributed by atoms with Gasteiger partial charge >= 0.3 is 6.18 Å². The van der Waals surface area contributed by atoms with Gasteiger partial charge in [0, 0.05) is 24.6 Å². The summed E-state index contributed by atoms with van der Waals surface area (Å²) in [5.74, 6) is -0.0474. The lowest BCUT2D eigenvalue weighted by molar-refractivity contribution is -0.137. The molecule has 0 radical (unpaired) electrons. The molecule has 5 heteroatoms. The molecule has 0 amide bonds. The van der Waals surface area contributed by atoms with Crippen molar-refractivity contribution in [2.75, 3.05) is 5.33 Å². The van der Waals surface area contributed by atoms with Gasteiger partial charge in [-0.15, -0.1) is 0 Å². The molecule has 0 aromatic rings. The highest BCUT2D eigenvalue weighted by atomic mass is 79.9. The average Bonchev–Trinajstić information content (AvgIpc) is 2.10. The number of Topliss-reactive ketones (excluding diaryl/α,β-unsaturated/α-hetero) is 1. The van der Waals surface area contributed by atoms with E-state index < -0.39 is 12.6 Å². The first-order chi connectivity index (χ1) is 6.95. The number of unbranched alkanes of at least 4 members (excludes halogenated alkanes) is 2. The molecule has 0 saturated carbocycles. The number of carbonyl (C=O) groups is 1. The van der Waals surface area contributed by atoms with Crippen molar-refractivity contribution in [1.82, 2.24) is 0 Å². The highest BCUT2D eigenvalue weighted by molar-refractivity contribution is 9.09. The van der Waals surface area contributed by atoms with E-state index in [1.54, 1.807) is 0 Å². The molecule has 0 aliphatic heterocycles. The van der Waals surface area contributed by atoms with Gasteiger partial charge in [-0.2, -0.15) is 13.2 Å². The molecule has 0 aromatic heterocycles. The van der Waals surface area contributed by atoms with E-state index in [1.165, 1.54) is 0 Å². The molecule has 0 N–H and O–H groups in total. The maximum Gasteiger partial charge on any atom is 0.389 e. The first-order valence-electron chi connectivity index (χ1n) is 5.10. The van der Waals surface area contributed by atoms with Crippen LogP contribution in [0.15, 0.2) is 0 Å². The standard InChI is InChI=1S/C10H16BrF3O/c11-8-3-1-2-5-9(15)6-4-7-10(12,13)14/h1-8H2. The Hall–Kier alpha value is -0.0600. The molecule has 0 atom stereocenters. The maximum atomic E-state index is 11.7. The van der Waals surface area contributed by atoms with Crippen molar-refractivity contribution in [3.63, 3.8) is 0 Å². The van der Waals surface area contributed by atoms with Crippen LogP contribution in [0.25, 0.3) is 0 Å². The van der Waals surface area contributed by atoms with E-state index in [-0.39, 0.29) is 18.6 Å². The third-order valence-electron chi connectivity index (χ3n) is 2.01. The van der Waals surface area contributed by atoms with E-state index >= 15 is 0 Å². The summed E-state index contributed by atoms with van der Waals surface area (Å²) in [6.07, 6.45) is -1.81. The van der Waals surface area contributed by atoms with Gasteiger partial charge in [0.1, 0.15) is 5.78 Å². The Morgan fingerprint density at radius 2 is 1.60 bits per heavy atom. The zero-order valence-electron chi connectivity index (χ0n) is 8.58. The van der Waals surface area contributed by atoms with Crippen molar-refractivity contribution < 1.29 is 18.0 Å². The SMILES string of the molecule is O=C(CCCCCBr)CCCC(F)(F)F. The van der Waals surface area contributed by atoms with Crippen molar-refractivity contribution >= 4 is 21.7 Å². The van der Waals surface area contributed by atoms with Gasteiger partial charge in [-0.1, -0.05) is 22.4 Å². The van der Waals surface area contributed by atoms with Crippen LogP contribution in [0, 0.1) is 0 Å². The summed E-state index contributed by atoms with van der Waals surface area (Å²) in [5.41, 5.74) is 0. The zero-order chi connectivity index (χ0) is 11.7. The fraction of sp³-hybridized carbons (Fsp3) is 0.900. The summed E-state index contributed by atoms with van der Waals surface area (Å²) in [7, 11) is 0. The smallest absolute Gasteiger partial charge is 0.300 e. The molecule has 0 aromatic carbocycles. The molecule has 0 aliphatic rings. The van der Waals surface area contributed by atoms with Crippen LogP contribution in [0.2, 0.25) is 0 Å². The van der Waals surface area contributed by atoms with Crippen LogP contribution in [-0.2, 0) is 4.79 Å². The van der Waals surface area contributed by atoms with Crippen molar-refractivity contribution in [2.45, 2.75) is 51.1 Å². The quantitative estimate of drug-likeness (QED) is 0.482. The van der Waals surface area contributed by atoms with Crippen LogP contribution >= 0.6 is 15.9 Å². The number of rotatable bonds is 8. The Bertz CT molecular complexity index is 180. The largest absolute Gasteiger partial charge is 0.389 e. The van der Waals surface area contributed by atoms with Gasteiger partial charge in [-0.05, 0) is 19.3 Å². The minimum atomic E-state index is -4.13. The summed E-state index contributed by atoms with van der Waals surface area (Å²) in [5, 5.41) is 0.912. The molecule has 15 heavy (non-hydrogen) atoms. The lowest BCUT2D eigenvalue weighted by atomic mass is 10.1. The van der Waals surface area contributed by atoms with Crippen LogP contribution in [0.3, 0.4) is 0 Å². The second kappa shape index (κ2) is 8.13. The Labute approximate surface area is 96.5 Å². The summed E-state index contributed by atoms with van der Waals surface area (Å²) >= 11 is 3.27. The Morgan fingerprint density at radius 3 is 2.13 bits per heavy atom. The number of ketones is 1. The molecular weight excluding hydrogens is 273 g/mol. The number of carbonyl (C=O) groups excluding carboxylic acids is 1. The molecular formula is C10H16BrF3O. The molecule has 0 spiro atoms. The van der Waals surface area contributed by atoms with Crippen LogP contribution < -0.4 is 0 Å². The van der Waals surface area contributed by atoms with E-state index in [0.717, 1.165) is 24.6 Å². The maximum absolute atomic E-state index is 11.7. The Morgan fingerprint density at radius 1 is 1.00 bits per heavy atom. The number of hydrogen-bond donors (Lipinski definition) is 0. The molecule has 0 fully saturated rings. The Balaban J connectivity index is 3.34. The van der Waals surface area contributed by atoms with E-state index in [0.29, 0.717) is 6.42 Å². The first kappa shape index (κ1) is 14.9. The highest BCUT2D eigenvalue weighted by Gasteiger charge is 2.26. The molecule has 1 nitrogen and oxygen atoms in total. The number of halogens is 4. The monoisotopic (exact) mass is 288 g/mol. The van der Waals surface area contributed by atoms with E-state index in [9.17, 15) is 18.0 Å². The van der Waals surface area contributed by atoms with E-state index in [1.807, 2.05) is 0 Å². The predicted octanol–water partition coefficient (Wildman–Crippen LogP) is 4.24. The zero-order valence-corrected chi connectivity index (χ0v) is 10.2. The second-order valence-corrected chi connectivity index (χ2v) is 4.30. The topological polar surface area (TPSA) is 17.1 Å². The van der Waals surface area contributed by atoms with Gasteiger partial charge in [-0.3, -0.25) is 4.79 Å². The molecule has 0 bridgehead atoms. The second-order valence-electron chi connectivity index (χ2n) is 3.51. The van der Waals surface area contributed by atoms with Crippen molar-refractivity contribution in [3.8, 4) is 0 Å². The van der Waals surface area contributed by atoms with Gasteiger partial charge < -0.3 is 0 Å². The van der Waals surface area contributed by atoms with E-state index in [4.69, 9.17) is 0 Å². The van der Waals surface area contributed by atoms with E-state index in [2.05, 4.69) is 15.9 Å². The van der Waals surface area contributed by atoms with Crippen molar-refractivity contribution in [2.24, 2.45) is 0 Å². The minimum Gasteiger partial charge on any atom is -0.300 e. The van der Waals surface area contributed by atoms with Gasteiger partial charge in [0.15, 0.2) is 0 Å². The molecule has 0 heterocycles. The normalized spacial score (nSPS) is 11.7. The van der Waals surface area contributed by atoms with Crippen molar-refractivity contribution in [1.29, 1.82) is 0 Å². The lowest BCUT2D eigenvalue weighted by Crippen LogP contribution is -2.08. The highest BCUT2D eigenvalue weighted by Crippen LogP contribution is 2.22. The summed E-state index contributed by atoms with van der Waals surface area (Å²) in [6.45, 7) is 0. The van der Waals surface area contributed by atoms with Gasteiger partial charge in [-0.25, -0.2) is 0 Å². The van der Waals surface area contributed by atoms with Gasteiger partial charge in [0.25, 0.3) is 0 Å². The van der Waals surface area contributed by atoms with Crippen LogP contribution in [0.1, 0.15) is 44.9 Å². The molecule has 90 valence electrons. The summed E-state index contributed by atoms with van der Waals surface area (Å²) < 4.78 is 35.2. The van der Waals surface area contributed by atoms with Crippen LogP contribution in [-0.4, -0.2) is 17.3 Å². The molecule has 0 saturated heterocycles. The Kier molecular flexibility index (Phi) is 8.10. The van der Waals surface area contributed by atoms with Gasteiger partial charge in [0.2, 0.25) is 0 Å². The molecule has 0 rings (SSSR count). The number of alkyl halides is 4.